The maximum atomic E-state index is 9.35. The Kier molecular flexibility index (Phi) is 3.98. The second kappa shape index (κ2) is 5.48. The summed E-state index contributed by atoms with van der Waals surface area (Å²) in [6.45, 7) is 0.725. The highest BCUT2D eigenvalue weighted by Crippen LogP contribution is 2.33. The zero-order valence-electron chi connectivity index (χ0n) is 9.56. The molecule has 1 aromatic rings. The average Bonchev–Trinajstić information content (AvgIpc) is 3.00. The molecule has 1 heterocycles. The Morgan fingerprint density at radius 3 is 2.94 bits per heavy atom. The summed E-state index contributed by atoms with van der Waals surface area (Å²) >= 11 is 0. The van der Waals surface area contributed by atoms with E-state index in [1.54, 1.807) is 13.4 Å². The molecule has 1 aliphatic rings. The van der Waals surface area contributed by atoms with Gasteiger partial charge in [0.25, 0.3) is 0 Å². The van der Waals surface area contributed by atoms with E-state index in [0.717, 1.165) is 5.76 Å². The number of methoxy groups -OCH3 is 1. The highest BCUT2D eigenvalue weighted by atomic mass is 16.5. The molecule has 0 aromatic carbocycles. The molecule has 0 saturated heterocycles. The number of hydrogen-bond acceptors (Lipinski definition) is 4. The zero-order valence-corrected chi connectivity index (χ0v) is 9.56. The van der Waals surface area contributed by atoms with Gasteiger partial charge in [0.1, 0.15) is 5.76 Å². The molecule has 2 N–H and O–H groups in total. The number of aliphatic hydroxyl groups is 1. The van der Waals surface area contributed by atoms with Crippen LogP contribution in [0.2, 0.25) is 0 Å². The third-order valence-electron chi connectivity index (χ3n) is 3.02. The molecule has 0 radical (unpaired) electrons. The van der Waals surface area contributed by atoms with Crippen LogP contribution in [0.3, 0.4) is 0 Å². The highest BCUT2D eigenvalue weighted by molar-refractivity contribution is 5.05. The molecule has 1 aliphatic carbocycles. The molecule has 4 nitrogen and oxygen atoms in total. The second-order valence-corrected chi connectivity index (χ2v) is 4.32. The summed E-state index contributed by atoms with van der Waals surface area (Å²) in [6.07, 6.45) is 4.12. The van der Waals surface area contributed by atoms with Crippen molar-refractivity contribution in [2.45, 2.75) is 24.9 Å². The van der Waals surface area contributed by atoms with E-state index in [1.165, 1.54) is 12.8 Å². The molecule has 4 heteroatoms. The van der Waals surface area contributed by atoms with Crippen molar-refractivity contribution in [3.8, 4) is 0 Å². The maximum Gasteiger partial charge on any atom is 0.123 e. The van der Waals surface area contributed by atoms with Crippen LogP contribution in [0.1, 0.15) is 24.6 Å². The average molecular weight is 225 g/mol. The highest BCUT2D eigenvalue weighted by Gasteiger charge is 2.33. The van der Waals surface area contributed by atoms with E-state index in [9.17, 15) is 5.11 Å². The Labute approximate surface area is 95.6 Å². The van der Waals surface area contributed by atoms with E-state index >= 15 is 0 Å². The van der Waals surface area contributed by atoms with Crippen molar-refractivity contribution >= 4 is 0 Å². The van der Waals surface area contributed by atoms with Gasteiger partial charge in [0.15, 0.2) is 0 Å². The van der Waals surface area contributed by atoms with E-state index in [-0.39, 0.29) is 12.6 Å². The number of hydrogen-bond donors (Lipinski definition) is 2. The fraction of sp³-hybridized carbons (Fsp3) is 0.667. The Balaban J connectivity index is 1.93. The van der Waals surface area contributed by atoms with Crippen LogP contribution in [0.25, 0.3) is 0 Å². The lowest BCUT2D eigenvalue weighted by Crippen LogP contribution is -2.39. The molecule has 0 bridgehead atoms. The van der Waals surface area contributed by atoms with E-state index in [0.29, 0.717) is 18.6 Å². The molecule has 1 aromatic heterocycles. The summed E-state index contributed by atoms with van der Waals surface area (Å²) in [4.78, 5) is 0. The van der Waals surface area contributed by atoms with Crippen LogP contribution in [0.15, 0.2) is 22.8 Å². The molecule has 1 fully saturated rings. The van der Waals surface area contributed by atoms with Crippen LogP contribution in [0.5, 0.6) is 0 Å². The fourth-order valence-electron chi connectivity index (χ4n) is 1.97. The van der Waals surface area contributed by atoms with Gasteiger partial charge in [0, 0.05) is 13.2 Å². The molecule has 2 rings (SSSR count). The number of nitrogens with one attached hydrogen (secondary N) is 1. The molecule has 2 atom stereocenters. The monoisotopic (exact) mass is 225 g/mol. The molecule has 2 unspecified atom stereocenters. The van der Waals surface area contributed by atoms with Crippen molar-refractivity contribution in [1.82, 2.24) is 5.32 Å². The number of aliphatic hydroxyl groups excluding tert-OH is 1. The molecule has 90 valence electrons. The summed E-state index contributed by atoms with van der Waals surface area (Å²) in [6, 6.07) is 3.90. The molecule has 16 heavy (non-hydrogen) atoms. The first-order chi connectivity index (χ1) is 7.85. The molecule has 0 amide bonds. The molecular weight excluding hydrogens is 206 g/mol. The van der Waals surface area contributed by atoms with E-state index < -0.39 is 0 Å². The van der Waals surface area contributed by atoms with Gasteiger partial charge in [-0.25, -0.2) is 0 Å². The predicted octanol–water partition coefficient (Wildman–Crippen LogP) is 1.33. The van der Waals surface area contributed by atoms with Crippen molar-refractivity contribution in [3.63, 3.8) is 0 Å². The summed E-state index contributed by atoms with van der Waals surface area (Å²) in [7, 11) is 1.71. The Morgan fingerprint density at radius 2 is 2.44 bits per heavy atom. The summed E-state index contributed by atoms with van der Waals surface area (Å²) < 4.78 is 10.5. The molecule has 1 saturated carbocycles. The lowest BCUT2D eigenvalue weighted by atomic mass is 10.1. The lowest BCUT2D eigenvalue weighted by molar-refractivity contribution is 0.134. The second-order valence-electron chi connectivity index (χ2n) is 4.32. The first-order valence-electron chi connectivity index (χ1n) is 5.74. The summed E-state index contributed by atoms with van der Waals surface area (Å²) in [5, 5.41) is 12.8. The number of ether oxygens (including phenoxy) is 1. The van der Waals surface area contributed by atoms with Gasteiger partial charge in [0.2, 0.25) is 0 Å². The third-order valence-corrected chi connectivity index (χ3v) is 3.02. The van der Waals surface area contributed by atoms with Crippen LogP contribution in [0.4, 0.5) is 0 Å². The van der Waals surface area contributed by atoms with Gasteiger partial charge in [-0.15, -0.1) is 0 Å². The van der Waals surface area contributed by atoms with E-state index in [2.05, 4.69) is 5.32 Å². The van der Waals surface area contributed by atoms with Crippen molar-refractivity contribution in [1.29, 1.82) is 0 Å². The number of furan rings is 1. The quantitative estimate of drug-likeness (QED) is 0.735. The normalized spacial score (nSPS) is 19.6. The SMILES string of the molecule is COCC(NC(CO)c1ccco1)C1CC1. The molecular formula is C12H19NO3. The minimum absolute atomic E-state index is 0.0421. The third kappa shape index (κ3) is 2.84. The predicted molar refractivity (Wildman–Crippen MR) is 60.1 cm³/mol. The Hall–Kier alpha value is -0.840. The summed E-state index contributed by atoms with van der Waals surface area (Å²) in [5.74, 6) is 1.47. The maximum absolute atomic E-state index is 9.35. The van der Waals surface area contributed by atoms with Gasteiger partial charge in [0.05, 0.1) is 25.5 Å². The van der Waals surface area contributed by atoms with Crippen LogP contribution in [-0.2, 0) is 4.74 Å². The smallest absolute Gasteiger partial charge is 0.123 e. The van der Waals surface area contributed by atoms with Crippen LogP contribution < -0.4 is 5.32 Å². The van der Waals surface area contributed by atoms with Crippen LogP contribution in [-0.4, -0.2) is 31.5 Å². The molecule has 0 aliphatic heterocycles. The van der Waals surface area contributed by atoms with Crippen molar-refractivity contribution in [3.05, 3.63) is 24.2 Å². The number of rotatable bonds is 7. The molecule has 0 spiro atoms. The minimum Gasteiger partial charge on any atom is -0.468 e. The Bertz CT molecular complexity index is 295. The first-order valence-corrected chi connectivity index (χ1v) is 5.74. The standard InChI is InChI=1S/C12H19NO3/c1-15-8-11(9-4-5-9)13-10(7-14)12-3-2-6-16-12/h2-3,6,9-11,13-14H,4-5,7-8H2,1H3. The van der Waals surface area contributed by atoms with E-state index in [4.69, 9.17) is 9.15 Å². The largest absolute Gasteiger partial charge is 0.468 e. The van der Waals surface area contributed by atoms with Gasteiger partial charge in [-0.3, -0.25) is 0 Å². The zero-order chi connectivity index (χ0) is 11.4. The minimum atomic E-state index is -0.129. The lowest BCUT2D eigenvalue weighted by Gasteiger charge is -2.22. The topological polar surface area (TPSA) is 54.6 Å². The van der Waals surface area contributed by atoms with Crippen LogP contribution >= 0.6 is 0 Å². The Morgan fingerprint density at radius 1 is 1.62 bits per heavy atom. The van der Waals surface area contributed by atoms with Crippen molar-refractivity contribution in [2.24, 2.45) is 5.92 Å². The van der Waals surface area contributed by atoms with Gasteiger partial charge >= 0.3 is 0 Å². The van der Waals surface area contributed by atoms with Gasteiger partial charge in [-0.2, -0.15) is 0 Å². The van der Waals surface area contributed by atoms with Crippen molar-refractivity contribution < 1.29 is 14.3 Å². The summed E-state index contributed by atoms with van der Waals surface area (Å²) in [5.41, 5.74) is 0. The van der Waals surface area contributed by atoms with E-state index in [1.807, 2.05) is 12.1 Å². The van der Waals surface area contributed by atoms with Gasteiger partial charge < -0.3 is 19.6 Å². The fourth-order valence-corrected chi connectivity index (χ4v) is 1.97. The van der Waals surface area contributed by atoms with Crippen LogP contribution in [0, 0.1) is 5.92 Å². The van der Waals surface area contributed by atoms with Gasteiger partial charge in [-0.1, -0.05) is 0 Å². The van der Waals surface area contributed by atoms with Crippen molar-refractivity contribution in [2.75, 3.05) is 20.3 Å². The first kappa shape index (κ1) is 11.6. The van der Waals surface area contributed by atoms with Gasteiger partial charge in [-0.05, 0) is 30.9 Å².